The SMILES string of the molecule is CC(C)[CH2][Al+][CH2]C(C)C.CC(C)[CH2][Al+][CH2]C(C)C.CC(C)[CH2][Al]([CH2]C(C)C)[CH2]C(C)C.CCC[CH2][Al+2].[H-].[H-].[H-].[H-]. The Morgan fingerprint density at radius 1 is 0.500 bits per heavy atom. The molecule has 0 radical (unpaired) electrons. The molecule has 0 saturated carbocycles. The molecular formula is C32H76Al4. The van der Waals surface area contributed by atoms with E-state index in [1.54, 1.807) is 15.8 Å². The fourth-order valence-corrected chi connectivity index (χ4v) is 12.1. The van der Waals surface area contributed by atoms with Crippen LogP contribution in [-0.4, -0.2) is 60.9 Å². The summed E-state index contributed by atoms with van der Waals surface area (Å²) in [6.45, 7) is 35.0. The van der Waals surface area contributed by atoms with Crippen LogP contribution < -0.4 is 0 Å². The molecule has 0 nitrogen and oxygen atoms in total. The Morgan fingerprint density at radius 2 is 0.750 bits per heavy atom. The maximum Gasteiger partial charge on any atom is -1.00 e. The van der Waals surface area contributed by atoms with Crippen LogP contribution in [0.1, 0.15) is 122 Å². The van der Waals surface area contributed by atoms with Crippen LogP contribution in [-0.2, 0) is 0 Å². The molecule has 0 aromatic rings. The molecule has 216 valence electrons. The van der Waals surface area contributed by atoms with Gasteiger partial charge < -0.3 is 5.71 Å². The van der Waals surface area contributed by atoms with Gasteiger partial charge in [-0.05, 0) is 0 Å². The molecule has 0 unspecified atom stereocenters. The van der Waals surface area contributed by atoms with Gasteiger partial charge in [-0.2, -0.15) is 0 Å². The quantitative estimate of drug-likeness (QED) is 0.162. The van der Waals surface area contributed by atoms with Gasteiger partial charge in [-0.3, -0.25) is 0 Å². The first-order valence-corrected chi connectivity index (χ1v) is 22.4. The van der Waals surface area contributed by atoms with Gasteiger partial charge in [0.2, 0.25) is 0 Å². The summed E-state index contributed by atoms with van der Waals surface area (Å²) in [5.74, 6) is 6.49. The second kappa shape index (κ2) is 33.3. The van der Waals surface area contributed by atoms with Gasteiger partial charge in [-0.15, -0.1) is 0 Å². The van der Waals surface area contributed by atoms with Crippen molar-refractivity contribution in [2.45, 2.75) is 159 Å². The van der Waals surface area contributed by atoms with E-state index >= 15 is 0 Å². The summed E-state index contributed by atoms with van der Waals surface area (Å²) in [4.78, 5) is 0. The first-order chi connectivity index (χ1) is 16.6. The zero-order valence-corrected chi connectivity index (χ0v) is 33.0. The van der Waals surface area contributed by atoms with E-state index in [1.165, 1.54) is 39.3 Å². The number of hydrogen-bond donors (Lipinski definition) is 0. The van der Waals surface area contributed by atoms with Crippen LogP contribution in [0.25, 0.3) is 0 Å². The van der Waals surface area contributed by atoms with Crippen molar-refractivity contribution in [2.24, 2.45) is 41.4 Å². The number of unbranched alkanes of at least 4 members (excludes halogenated alkanes) is 1. The van der Waals surface area contributed by atoms with Crippen LogP contribution in [0, 0.1) is 41.4 Å². The monoisotopic (exact) mass is 569 g/mol. The van der Waals surface area contributed by atoms with Crippen molar-refractivity contribution in [3.63, 3.8) is 0 Å². The van der Waals surface area contributed by atoms with Crippen molar-refractivity contribution in [2.75, 3.05) is 0 Å². The van der Waals surface area contributed by atoms with Crippen molar-refractivity contribution in [3.05, 3.63) is 0 Å². The fraction of sp³-hybridized carbons (Fsp3) is 1.00. The van der Waals surface area contributed by atoms with E-state index in [-0.39, 0.29) is 5.71 Å². The molecule has 0 N–H and O–H groups in total. The minimum absolute atomic E-state index is 0. The molecule has 4 heteroatoms. The van der Waals surface area contributed by atoms with Gasteiger partial charge in [0.15, 0.2) is 0 Å². The average molecular weight is 569 g/mol. The Balaban J connectivity index is -0.0000000573. The molecule has 0 heterocycles. The Bertz CT molecular complexity index is 335. The minimum Gasteiger partial charge on any atom is -1.00 e. The van der Waals surface area contributed by atoms with Gasteiger partial charge in [0.1, 0.15) is 0 Å². The molecule has 0 aromatic carbocycles. The molecule has 36 heavy (non-hydrogen) atoms. The fourth-order valence-electron chi connectivity index (χ4n) is 4.02. The van der Waals surface area contributed by atoms with Crippen molar-refractivity contribution in [1.29, 1.82) is 0 Å². The minimum atomic E-state index is -0.407. The maximum atomic E-state index is 2.70. The van der Waals surface area contributed by atoms with E-state index in [0.29, 0.717) is 0 Å². The summed E-state index contributed by atoms with van der Waals surface area (Å²) in [5, 5.41) is 11.9. The van der Waals surface area contributed by atoms with Crippen LogP contribution in [0.3, 0.4) is 0 Å². The Morgan fingerprint density at radius 3 is 0.861 bits per heavy atom. The van der Waals surface area contributed by atoms with Crippen molar-refractivity contribution >= 4 is 60.9 Å². The van der Waals surface area contributed by atoms with E-state index in [1.807, 2.05) is 0 Å². The first kappa shape index (κ1) is 45.1. The van der Waals surface area contributed by atoms with Crippen LogP contribution in [0.4, 0.5) is 0 Å². The zero-order chi connectivity index (χ0) is 29.1. The molecule has 0 atom stereocenters. The molecule has 0 aliphatic carbocycles. The molecule has 0 amide bonds. The van der Waals surface area contributed by atoms with Gasteiger partial charge in [0, 0.05) is 0 Å². The Hall–Kier alpha value is 2.13. The molecule has 0 saturated heterocycles. The zero-order valence-electron chi connectivity index (χ0n) is 32.4. The largest absolute Gasteiger partial charge is 1.00 e. The summed E-state index contributed by atoms with van der Waals surface area (Å²) in [6.07, 6.45) is 2.67. The molecule has 0 aromatic heterocycles. The predicted molar refractivity (Wildman–Crippen MR) is 185 cm³/mol. The van der Waals surface area contributed by atoms with Crippen molar-refractivity contribution in [1.82, 2.24) is 0 Å². The smallest absolute Gasteiger partial charge is 1.00 e. The molecule has 0 aliphatic rings. The third-order valence-corrected chi connectivity index (χ3v) is 15.9. The van der Waals surface area contributed by atoms with Gasteiger partial charge in [0.25, 0.3) is 14.1 Å². The second-order valence-electron chi connectivity index (χ2n) is 14.0. The van der Waals surface area contributed by atoms with E-state index in [9.17, 15) is 0 Å². The maximum absolute atomic E-state index is 2.70. The second-order valence-corrected chi connectivity index (χ2v) is 20.8. The van der Waals surface area contributed by atoms with E-state index in [2.05, 4.69) is 120 Å². The molecular weight excluding hydrogens is 492 g/mol. The molecule has 0 rings (SSSR count). The molecule has 0 bridgehead atoms. The third-order valence-electron chi connectivity index (χ3n) is 5.52. The van der Waals surface area contributed by atoms with E-state index < -0.39 is 14.1 Å². The predicted octanol–water partition coefficient (Wildman–Crippen LogP) is 12.0. The topological polar surface area (TPSA) is 0 Å². The van der Waals surface area contributed by atoms with Crippen LogP contribution in [0.5, 0.6) is 0 Å². The standard InChI is InChI=1S/8C4H9.4Al.4H/c7*1-4(2)3;1-3-4-2;;;;;;;;/h7*4H,1H2,2-3H3;1,3-4H2,2H3;;;;;;;;/q;;;;;;;;;2*+1;+2;4*-1. The summed E-state index contributed by atoms with van der Waals surface area (Å²) >= 11 is 3.80. The number of hydrogen-bond acceptors (Lipinski definition) is 0. The van der Waals surface area contributed by atoms with Crippen LogP contribution in [0.2, 0.25) is 42.3 Å². The molecule has 0 spiro atoms. The molecule has 0 aliphatic heterocycles. The van der Waals surface area contributed by atoms with Gasteiger partial charge in [-0.25, -0.2) is 0 Å². The van der Waals surface area contributed by atoms with Crippen LogP contribution >= 0.6 is 0 Å². The Labute approximate surface area is 265 Å². The van der Waals surface area contributed by atoms with Crippen LogP contribution in [0.15, 0.2) is 0 Å². The number of rotatable bonds is 16. The molecule has 0 fully saturated rings. The van der Waals surface area contributed by atoms with E-state index in [0.717, 1.165) is 71.9 Å². The third kappa shape index (κ3) is 56.3. The van der Waals surface area contributed by atoms with E-state index in [4.69, 9.17) is 0 Å². The summed E-state index contributed by atoms with van der Waals surface area (Å²) in [5.41, 5.74) is 0. The Kier molecular flexibility index (Phi) is 41.8. The summed E-state index contributed by atoms with van der Waals surface area (Å²) in [6, 6.07) is 0. The summed E-state index contributed by atoms with van der Waals surface area (Å²) in [7, 11) is 0. The van der Waals surface area contributed by atoms with Gasteiger partial charge in [0.05, 0.1) is 0 Å². The van der Waals surface area contributed by atoms with Crippen molar-refractivity contribution in [3.8, 4) is 0 Å². The van der Waals surface area contributed by atoms with Gasteiger partial charge in [-0.1, -0.05) is 75.1 Å². The first-order valence-electron chi connectivity index (χ1n) is 15.9. The van der Waals surface area contributed by atoms with Crippen molar-refractivity contribution < 1.29 is 5.71 Å². The van der Waals surface area contributed by atoms with Gasteiger partial charge >= 0.3 is 172 Å². The summed E-state index contributed by atoms with van der Waals surface area (Å²) < 4.78 is 0. The average Bonchev–Trinajstić information content (AvgIpc) is 2.67. The normalized spacial score (nSPS) is 10.7.